The van der Waals surface area contributed by atoms with Crippen LogP contribution in [-0.2, 0) is 14.8 Å². The van der Waals surface area contributed by atoms with Gasteiger partial charge in [-0.05, 0) is 65.1 Å². The third-order valence-corrected chi connectivity index (χ3v) is 6.58. The Kier molecular flexibility index (Phi) is 6.67. The van der Waals surface area contributed by atoms with Crippen LogP contribution in [0.1, 0.15) is 0 Å². The Morgan fingerprint density at radius 2 is 1.67 bits per heavy atom. The summed E-state index contributed by atoms with van der Waals surface area (Å²) < 4.78 is 28.3. The minimum absolute atomic E-state index is 0.0193. The molecule has 0 spiro atoms. The van der Waals surface area contributed by atoms with Crippen LogP contribution in [0.4, 0.5) is 17.1 Å². The third-order valence-electron chi connectivity index (χ3n) is 4.07. The van der Waals surface area contributed by atoms with Crippen LogP contribution in [0.3, 0.4) is 0 Å². The van der Waals surface area contributed by atoms with Gasteiger partial charge in [-0.15, -0.1) is 0 Å². The highest BCUT2D eigenvalue weighted by Crippen LogP contribution is 2.27. The number of sulfonamides is 1. The van der Waals surface area contributed by atoms with Crippen LogP contribution >= 0.6 is 22.6 Å². The van der Waals surface area contributed by atoms with Crippen molar-refractivity contribution >= 4 is 55.6 Å². The van der Waals surface area contributed by atoms with Crippen molar-refractivity contribution < 1.29 is 18.1 Å². The molecule has 1 N–H and O–H groups in total. The molecule has 0 aromatic heterocycles. The second kappa shape index (κ2) is 9.22. The van der Waals surface area contributed by atoms with Gasteiger partial charge in [-0.25, -0.2) is 8.42 Å². The molecule has 8 nitrogen and oxygen atoms in total. The number of hydrogen-bond donors (Lipinski definition) is 1. The number of carbonyl (C=O) groups excluding carboxylic acids is 1. The molecule has 3 aromatic rings. The van der Waals surface area contributed by atoms with E-state index in [9.17, 15) is 23.3 Å². The van der Waals surface area contributed by atoms with Crippen LogP contribution in [0.25, 0.3) is 0 Å². The molecule has 0 saturated carbocycles. The number of benzene rings is 3. The van der Waals surface area contributed by atoms with E-state index < -0.39 is 27.4 Å². The highest BCUT2D eigenvalue weighted by Gasteiger charge is 2.28. The summed E-state index contributed by atoms with van der Waals surface area (Å²) >= 11 is 2.13. The van der Waals surface area contributed by atoms with Crippen molar-refractivity contribution in [2.75, 3.05) is 16.2 Å². The zero-order valence-electron chi connectivity index (χ0n) is 15.4. The first-order valence-electron chi connectivity index (χ1n) is 8.65. The number of nitrogens with one attached hydrogen (secondary N) is 1. The molecule has 3 aromatic carbocycles. The summed E-state index contributed by atoms with van der Waals surface area (Å²) in [6.45, 7) is -0.551. The average molecular weight is 537 g/mol. The summed E-state index contributed by atoms with van der Waals surface area (Å²) in [5.74, 6) is -0.581. The summed E-state index contributed by atoms with van der Waals surface area (Å²) in [6, 6.07) is 19.7. The normalized spacial score (nSPS) is 11.0. The third kappa shape index (κ3) is 5.13. The predicted octanol–water partition coefficient (Wildman–Crippen LogP) is 4.03. The minimum Gasteiger partial charge on any atom is -0.325 e. The van der Waals surface area contributed by atoms with E-state index in [4.69, 9.17) is 0 Å². The van der Waals surface area contributed by atoms with Gasteiger partial charge in [-0.1, -0.05) is 24.3 Å². The van der Waals surface area contributed by atoms with Crippen LogP contribution in [-0.4, -0.2) is 25.8 Å². The Bertz CT molecular complexity index is 1170. The Balaban J connectivity index is 1.97. The predicted molar refractivity (Wildman–Crippen MR) is 122 cm³/mol. The van der Waals surface area contributed by atoms with Gasteiger partial charge < -0.3 is 5.32 Å². The smallest absolute Gasteiger partial charge is 0.271 e. The van der Waals surface area contributed by atoms with Gasteiger partial charge in [0.2, 0.25) is 5.91 Å². The van der Waals surface area contributed by atoms with E-state index in [1.165, 1.54) is 30.3 Å². The number of rotatable bonds is 7. The molecule has 0 aliphatic heterocycles. The Morgan fingerprint density at radius 3 is 2.30 bits per heavy atom. The summed E-state index contributed by atoms with van der Waals surface area (Å²) in [6.07, 6.45) is 0. The maximum Gasteiger partial charge on any atom is 0.271 e. The lowest BCUT2D eigenvalue weighted by molar-refractivity contribution is -0.384. The van der Waals surface area contributed by atoms with Gasteiger partial charge in [0.25, 0.3) is 15.7 Å². The molecule has 30 heavy (non-hydrogen) atoms. The zero-order chi connectivity index (χ0) is 21.7. The Labute approximate surface area is 186 Å². The molecule has 0 saturated heterocycles. The van der Waals surface area contributed by atoms with Crippen molar-refractivity contribution in [2.45, 2.75) is 4.90 Å². The lowest BCUT2D eigenvalue weighted by Gasteiger charge is -2.24. The number of nitro benzene ring substituents is 1. The zero-order valence-corrected chi connectivity index (χ0v) is 18.4. The van der Waals surface area contributed by atoms with Gasteiger partial charge in [0.1, 0.15) is 6.54 Å². The monoisotopic (exact) mass is 537 g/mol. The summed E-state index contributed by atoms with van der Waals surface area (Å²) in [7, 11) is -4.14. The summed E-state index contributed by atoms with van der Waals surface area (Å²) in [4.78, 5) is 23.1. The quantitative estimate of drug-likeness (QED) is 0.278. The molecular weight excluding hydrogens is 521 g/mol. The molecule has 0 heterocycles. The maximum absolute atomic E-state index is 13.2. The molecule has 0 aliphatic carbocycles. The van der Waals surface area contributed by atoms with Crippen molar-refractivity contribution in [1.82, 2.24) is 0 Å². The number of carbonyl (C=O) groups is 1. The molecule has 0 unspecified atom stereocenters. The second-order valence-corrected chi connectivity index (χ2v) is 9.26. The molecule has 0 radical (unpaired) electrons. The molecule has 0 atom stereocenters. The van der Waals surface area contributed by atoms with Crippen molar-refractivity contribution in [3.05, 3.63) is 92.5 Å². The second-order valence-electron chi connectivity index (χ2n) is 6.16. The molecule has 0 bridgehead atoms. The summed E-state index contributed by atoms with van der Waals surface area (Å²) in [5, 5.41) is 13.8. The van der Waals surface area contributed by atoms with Gasteiger partial charge in [0.15, 0.2) is 0 Å². The van der Waals surface area contributed by atoms with Crippen LogP contribution in [0.2, 0.25) is 0 Å². The van der Waals surface area contributed by atoms with E-state index >= 15 is 0 Å². The maximum atomic E-state index is 13.2. The van der Waals surface area contributed by atoms with E-state index in [0.717, 1.165) is 13.9 Å². The van der Waals surface area contributed by atoms with E-state index in [-0.39, 0.29) is 16.3 Å². The van der Waals surface area contributed by atoms with Crippen LogP contribution in [0.15, 0.2) is 83.8 Å². The van der Waals surface area contributed by atoms with E-state index in [1.807, 2.05) is 0 Å². The fourth-order valence-electron chi connectivity index (χ4n) is 2.66. The summed E-state index contributed by atoms with van der Waals surface area (Å²) in [5.41, 5.74) is 0.251. The first-order valence-corrected chi connectivity index (χ1v) is 11.2. The molecule has 3 rings (SSSR count). The Morgan fingerprint density at radius 1 is 1.00 bits per heavy atom. The highest BCUT2D eigenvalue weighted by molar-refractivity contribution is 14.1. The lowest BCUT2D eigenvalue weighted by Crippen LogP contribution is -2.38. The highest BCUT2D eigenvalue weighted by atomic mass is 127. The van der Waals surface area contributed by atoms with Gasteiger partial charge in [0, 0.05) is 21.4 Å². The topological polar surface area (TPSA) is 110 Å². The fourth-order valence-corrected chi connectivity index (χ4v) is 4.45. The standard InChI is InChI=1S/C20H16IN3O5S/c21-15-9-11-16(12-10-15)22-20(25)14-23(17-5-4-6-18(13-17)24(26)27)30(28,29)19-7-2-1-3-8-19/h1-13H,14H2,(H,22,25). The SMILES string of the molecule is O=C(CN(c1cccc([N+](=O)[O-])c1)S(=O)(=O)c1ccccc1)Nc1ccc(I)cc1. The fraction of sp³-hybridized carbons (Fsp3) is 0.0500. The van der Waals surface area contributed by atoms with E-state index in [2.05, 4.69) is 27.9 Å². The van der Waals surface area contributed by atoms with Crippen LogP contribution in [0, 0.1) is 13.7 Å². The number of anilines is 2. The number of nitro groups is 1. The van der Waals surface area contributed by atoms with Crippen LogP contribution < -0.4 is 9.62 Å². The van der Waals surface area contributed by atoms with Gasteiger partial charge in [0.05, 0.1) is 15.5 Å². The minimum atomic E-state index is -4.14. The number of halogens is 1. The molecular formula is C20H16IN3O5S. The number of nitrogens with zero attached hydrogens (tertiary/aromatic N) is 2. The molecule has 0 aliphatic rings. The van der Waals surface area contributed by atoms with Gasteiger partial charge in [-0.3, -0.25) is 19.2 Å². The number of hydrogen-bond acceptors (Lipinski definition) is 5. The first kappa shape index (κ1) is 21.7. The van der Waals surface area contributed by atoms with E-state index in [0.29, 0.717) is 5.69 Å². The van der Waals surface area contributed by atoms with Crippen molar-refractivity contribution in [2.24, 2.45) is 0 Å². The van der Waals surface area contributed by atoms with Crippen LogP contribution in [0.5, 0.6) is 0 Å². The average Bonchev–Trinajstić information content (AvgIpc) is 2.74. The molecule has 10 heteroatoms. The largest absolute Gasteiger partial charge is 0.325 e. The lowest BCUT2D eigenvalue weighted by atomic mass is 10.3. The van der Waals surface area contributed by atoms with Gasteiger partial charge >= 0.3 is 0 Å². The van der Waals surface area contributed by atoms with Crippen molar-refractivity contribution in [3.63, 3.8) is 0 Å². The molecule has 0 fully saturated rings. The van der Waals surface area contributed by atoms with Gasteiger partial charge in [-0.2, -0.15) is 0 Å². The van der Waals surface area contributed by atoms with E-state index in [1.54, 1.807) is 42.5 Å². The Hall–Kier alpha value is -2.99. The molecule has 154 valence electrons. The van der Waals surface area contributed by atoms with Crippen molar-refractivity contribution in [3.8, 4) is 0 Å². The molecule has 1 amide bonds. The number of non-ortho nitro benzene ring substituents is 1. The first-order chi connectivity index (χ1) is 14.3. The van der Waals surface area contributed by atoms with Crippen molar-refractivity contribution in [1.29, 1.82) is 0 Å². The number of amides is 1.